The Balaban J connectivity index is 1.10. The standard InChI is InChI=1S/C35H32N6O5/c1-3-43-27-15-9-13-23(19-27)31-36-33(40-38-31)29-17-7-5-11-25(29)21-45-35(42)46-22-26-12-6-8-18-30(26)34-37-32(39-41-34)24-14-10-16-28(20-24)44-4-2/h5-20H,3-4,21-22H2,1-2H3,(H,36,38,40)(H,37,39,41). The Morgan fingerprint density at radius 2 is 1.07 bits per heavy atom. The summed E-state index contributed by atoms with van der Waals surface area (Å²) in [6.07, 6.45) is -0.809. The molecule has 0 aliphatic carbocycles. The van der Waals surface area contributed by atoms with E-state index in [1.165, 1.54) is 0 Å². The monoisotopic (exact) mass is 616 g/mol. The first kappa shape index (κ1) is 30.1. The summed E-state index contributed by atoms with van der Waals surface area (Å²) >= 11 is 0. The average molecular weight is 617 g/mol. The second kappa shape index (κ2) is 14.2. The van der Waals surface area contributed by atoms with Crippen molar-refractivity contribution < 1.29 is 23.7 Å². The zero-order valence-corrected chi connectivity index (χ0v) is 25.4. The maximum atomic E-state index is 12.7. The van der Waals surface area contributed by atoms with E-state index in [2.05, 4.69) is 30.4 Å². The lowest BCUT2D eigenvalue weighted by Gasteiger charge is -2.10. The Hall–Kier alpha value is -5.97. The molecule has 0 saturated carbocycles. The molecule has 232 valence electrons. The first-order valence-electron chi connectivity index (χ1n) is 14.9. The van der Waals surface area contributed by atoms with E-state index < -0.39 is 6.16 Å². The molecule has 0 saturated heterocycles. The van der Waals surface area contributed by atoms with Gasteiger partial charge in [-0.25, -0.2) is 14.8 Å². The van der Waals surface area contributed by atoms with Crippen LogP contribution in [0, 0.1) is 0 Å². The van der Waals surface area contributed by atoms with Crippen molar-refractivity contribution in [3.63, 3.8) is 0 Å². The zero-order chi connectivity index (χ0) is 31.7. The molecule has 4 aromatic carbocycles. The number of hydrogen-bond donors (Lipinski definition) is 2. The van der Waals surface area contributed by atoms with Crippen LogP contribution in [-0.4, -0.2) is 49.7 Å². The Labute approximate surface area is 265 Å². The van der Waals surface area contributed by atoms with Crippen LogP contribution in [0.3, 0.4) is 0 Å². The van der Waals surface area contributed by atoms with Gasteiger partial charge in [-0.05, 0) is 38.1 Å². The minimum absolute atomic E-state index is 0.0224. The van der Waals surface area contributed by atoms with Gasteiger partial charge in [-0.3, -0.25) is 10.2 Å². The number of aromatic nitrogens is 6. The van der Waals surface area contributed by atoms with Crippen LogP contribution in [0.2, 0.25) is 0 Å². The van der Waals surface area contributed by atoms with Crippen LogP contribution in [-0.2, 0) is 22.7 Å². The van der Waals surface area contributed by atoms with Crippen LogP contribution in [0.15, 0.2) is 97.1 Å². The van der Waals surface area contributed by atoms with Gasteiger partial charge in [-0.15, -0.1) is 0 Å². The third-order valence-electron chi connectivity index (χ3n) is 7.02. The van der Waals surface area contributed by atoms with Gasteiger partial charge >= 0.3 is 6.16 Å². The molecule has 6 rings (SSSR count). The smallest absolute Gasteiger partial charge is 0.494 e. The molecule has 2 aromatic heterocycles. The third kappa shape index (κ3) is 7.05. The second-order valence-corrected chi connectivity index (χ2v) is 10.1. The summed E-state index contributed by atoms with van der Waals surface area (Å²) in [6.45, 7) is 4.97. The average Bonchev–Trinajstić information content (AvgIpc) is 3.79. The quantitative estimate of drug-likeness (QED) is 0.136. The Bertz CT molecular complexity index is 1800. The topological polar surface area (TPSA) is 137 Å². The largest absolute Gasteiger partial charge is 0.508 e. The highest BCUT2D eigenvalue weighted by molar-refractivity contribution is 5.67. The summed E-state index contributed by atoms with van der Waals surface area (Å²) in [4.78, 5) is 22.0. The van der Waals surface area contributed by atoms with Gasteiger partial charge in [-0.1, -0.05) is 72.8 Å². The molecule has 0 amide bonds. The number of ether oxygens (including phenoxy) is 4. The Morgan fingerprint density at radius 3 is 1.52 bits per heavy atom. The van der Waals surface area contributed by atoms with Crippen molar-refractivity contribution >= 4 is 6.16 Å². The van der Waals surface area contributed by atoms with Crippen LogP contribution >= 0.6 is 0 Å². The number of aromatic amines is 2. The molecule has 0 atom stereocenters. The lowest BCUT2D eigenvalue weighted by Crippen LogP contribution is -2.08. The summed E-state index contributed by atoms with van der Waals surface area (Å²) < 4.78 is 22.2. The van der Waals surface area contributed by atoms with E-state index in [0.29, 0.717) is 36.5 Å². The number of hydrogen-bond acceptors (Lipinski definition) is 9. The molecule has 46 heavy (non-hydrogen) atoms. The molecule has 0 fully saturated rings. The molecular weight excluding hydrogens is 584 g/mol. The van der Waals surface area contributed by atoms with Gasteiger partial charge in [0.1, 0.15) is 24.7 Å². The number of H-pyrrole nitrogens is 2. The van der Waals surface area contributed by atoms with Gasteiger partial charge < -0.3 is 18.9 Å². The fourth-order valence-corrected chi connectivity index (χ4v) is 4.87. The minimum Gasteiger partial charge on any atom is -0.494 e. The van der Waals surface area contributed by atoms with Gasteiger partial charge in [0.05, 0.1) is 13.2 Å². The molecule has 11 nitrogen and oxygen atoms in total. The maximum absolute atomic E-state index is 12.7. The highest BCUT2D eigenvalue weighted by atomic mass is 16.7. The molecule has 0 aliphatic rings. The molecule has 2 heterocycles. The Kier molecular flexibility index (Phi) is 9.29. The van der Waals surface area contributed by atoms with E-state index in [1.807, 2.05) is 111 Å². The van der Waals surface area contributed by atoms with Crippen molar-refractivity contribution in [1.29, 1.82) is 0 Å². The van der Waals surface area contributed by atoms with Crippen molar-refractivity contribution in [2.75, 3.05) is 13.2 Å². The fourth-order valence-electron chi connectivity index (χ4n) is 4.87. The van der Waals surface area contributed by atoms with Crippen LogP contribution in [0.5, 0.6) is 11.5 Å². The summed E-state index contributed by atoms with van der Waals surface area (Å²) in [5.74, 6) is 3.66. The van der Waals surface area contributed by atoms with E-state index >= 15 is 0 Å². The van der Waals surface area contributed by atoms with Crippen LogP contribution < -0.4 is 9.47 Å². The van der Waals surface area contributed by atoms with Crippen molar-refractivity contribution in [3.05, 3.63) is 108 Å². The molecule has 6 aromatic rings. The lowest BCUT2D eigenvalue weighted by atomic mass is 10.1. The van der Waals surface area contributed by atoms with Crippen LogP contribution in [0.4, 0.5) is 4.79 Å². The molecule has 2 N–H and O–H groups in total. The fraction of sp³-hybridized carbons (Fsp3) is 0.171. The number of nitrogens with zero attached hydrogens (tertiary/aromatic N) is 4. The minimum atomic E-state index is -0.809. The molecule has 0 bridgehead atoms. The summed E-state index contributed by atoms with van der Waals surface area (Å²) in [6, 6.07) is 30.2. The van der Waals surface area contributed by atoms with Crippen LogP contribution in [0.1, 0.15) is 25.0 Å². The summed E-state index contributed by atoms with van der Waals surface area (Å²) in [5.41, 5.74) is 4.62. The van der Waals surface area contributed by atoms with E-state index in [1.54, 1.807) is 0 Å². The van der Waals surface area contributed by atoms with Crippen molar-refractivity contribution in [3.8, 4) is 57.1 Å². The molecule has 11 heteroatoms. The van der Waals surface area contributed by atoms with Crippen molar-refractivity contribution in [2.45, 2.75) is 27.1 Å². The second-order valence-electron chi connectivity index (χ2n) is 10.1. The predicted octanol–water partition coefficient (Wildman–Crippen LogP) is 7.24. The van der Waals surface area contributed by atoms with Gasteiger partial charge in [0.25, 0.3) is 0 Å². The highest BCUT2D eigenvalue weighted by Crippen LogP contribution is 2.28. The van der Waals surface area contributed by atoms with Crippen LogP contribution in [0.25, 0.3) is 45.6 Å². The number of carbonyl (C=O) groups is 1. The predicted molar refractivity (Wildman–Crippen MR) is 172 cm³/mol. The molecule has 0 unspecified atom stereocenters. The zero-order valence-electron chi connectivity index (χ0n) is 25.4. The Morgan fingerprint density at radius 1 is 0.609 bits per heavy atom. The van der Waals surface area contributed by atoms with E-state index in [-0.39, 0.29) is 13.2 Å². The molecular formula is C35H32N6O5. The molecule has 0 spiro atoms. The van der Waals surface area contributed by atoms with Gasteiger partial charge in [0.2, 0.25) is 0 Å². The van der Waals surface area contributed by atoms with E-state index in [9.17, 15) is 4.79 Å². The van der Waals surface area contributed by atoms with E-state index in [0.717, 1.165) is 44.9 Å². The summed E-state index contributed by atoms with van der Waals surface area (Å²) in [5, 5.41) is 14.8. The van der Waals surface area contributed by atoms with Crippen molar-refractivity contribution in [1.82, 2.24) is 30.4 Å². The third-order valence-corrected chi connectivity index (χ3v) is 7.02. The number of nitrogens with one attached hydrogen (secondary N) is 2. The molecule has 0 radical (unpaired) electrons. The number of carbonyl (C=O) groups excluding carboxylic acids is 1. The number of benzene rings is 4. The van der Waals surface area contributed by atoms with Gasteiger partial charge in [-0.2, -0.15) is 10.2 Å². The normalized spacial score (nSPS) is 10.8. The maximum Gasteiger partial charge on any atom is 0.508 e. The van der Waals surface area contributed by atoms with E-state index in [4.69, 9.17) is 18.9 Å². The SMILES string of the molecule is CCOc1cccc(-c2nc(-c3ccccc3COC(=O)OCc3ccccc3-c3n[nH]c(-c4cccc(OCC)c4)n3)n[nH]2)c1. The molecule has 0 aliphatic heterocycles. The van der Waals surface area contributed by atoms with Gasteiger partial charge in [0.15, 0.2) is 23.3 Å². The first-order chi connectivity index (χ1) is 22.6. The highest BCUT2D eigenvalue weighted by Gasteiger charge is 2.16. The van der Waals surface area contributed by atoms with Gasteiger partial charge in [0, 0.05) is 33.4 Å². The summed E-state index contributed by atoms with van der Waals surface area (Å²) in [7, 11) is 0. The first-order valence-corrected chi connectivity index (χ1v) is 14.9. The number of rotatable bonds is 12. The lowest BCUT2D eigenvalue weighted by molar-refractivity contribution is 0.0448. The van der Waals surface area contributed by atoms with Crippen molar-refractivity contribution in [2.24, 2.45) is 0 Å².